The van der Waals surface area contributed by atoms with Gasteiger partial charge in [0, 0.05) is 18.5 Å². The Bertz CT molecular complexity index is 941. The van der Waals surface area contributed by atoms with Crippen LogP contribution in [0.4, 0.5) is 0 Å². The van der Waals surface area contributed by atoms with Crippen LogP contribution in [0.15, 0.2) is 52.8 Å². The summed E-state index contributed by atoms with van der Waals surface area (Å²) in [4.78, 5) is 6.07. The lowest BCUT2D eigenvalue weighted by molar-refractivity contribution is 0.492. The number of guanidine groups is 1. The van der Waals surface area contributed by atoms with Crippen LogP contribution >= 0.6 is 11.3 Å². The number of nitrogens with one attached hydrogen (secondary N) is 2. The van der Waals surface area contributed by atoms with Gasteiger partial charge in [-0.25, -0.2) is 4.99 Å². The highest BCUT2D eigenvalue weighted by atomic mass is 32.1. The Morgan fingerprint density at radius 1 is 1.14 bits per heavy atom. The van der Waals surface area contributed by atoms with Crippen LogP contribution in [-0.2, 0) is 26.6 Å². The molecule has 0 spiro atoms. The lowest BCUT2D eigenvalue weighted by atomic mass is 9.96. The molecule has 1 fully saturated rings. The maximum absolute atomic E-state index is 4.78. The van der Waals surface area contributed by atoms with E-state index < -0.39 is 0 Å². The molecule has 29 heavy (non-hydrogen) atoms. The molecule has 0 amide bonds. The molecule has 0 unspecified atom stereocenters. The second-order valence-corrected chi connectivity index (χ2v) is 8.87. The predicted molar refractivity (Wildman–Crippen MR) is 118 cm³/mol. The zero-order chi connectivity index (χ0) is 20.1. The summed E-state index contributed by atoms with van der Waals surface area (Å²) < 4.78 is 1.98. The van der Waals surface area contributed by atoms with E-state index in [0.29, 0.717) is 12.0 Å². The fourth-order valence-corrected chi connectivity index (χ4v) is 4.03. The van der Waals surface area contributed by atoms with Gasteiger partial charge in [-0.3, -0.25) is 0 Å². The monoisotopic (exact) mass is 408 g/mol. The van der Waals surface area contributed by atoms with Crippen LogP contribution in [0.2, 0.25) is 0 Å². The zero-order valence-electron chi connectivity index (χ0n) is 17.1. The van der Waals surface area contributed by atoms with Crippen molar-refractivity contribution in [1.29, 1.82) is 0 Å². The molecule has 1 saturated carbocycles. The first-order chi connectivity index (χ1) is 14.1. The molecule has 0 saturated heterocycles. The molecule has 0 atom stereocenters. The molecule has 1 aliphatic rings. The largest absolute Gasteiger partial charge is 0.356 e. The van der Waals surface area contributed by atoms with E-state index in [-0.39, 0.29) is 0 Å². The van der Waals surface area contributed by atoms with E-state index in [0.717, 1.165) is 37.1 Å². The normalized spacial score (nSPS) is 15.3. The number of aromatic nitrogens is 3. The molecular weight excluding hydrogens is 380 g/mol. The Morgan fingerprint density at radius 3 is 2.62 bits per heavy atom. The number of nitrogens with zero attached hydrogens (tertiary/aromatic N) is 4. The summed E-state index contributed by atoms with van der Waals surface area (Å²) in [5.41, 5.74) is 1.75. The van der Waals surface area contributed by atoms with Crippen molar-refractivity contribution in [3.05, 3.63) is 69.9 Å². The second kappa shape index (κ2) is 8.78. The zero-order valence-corrected chi connectivity index (χ0v) is 17.9. The molecule has 1 aromatic carbocycles. The minimum absolute atomic E-state index is 0.341. The van der Waals surface area contributed by atoms with Gasteiger partial charge in [0.1, 0.15) is 12.4 Å². The topological polar surface area (TPSA) is 67.1 Å². The lowest BCUT2D eigenvalue weighted by Gasteiger charge is -2.19. The van der Waals surface area contributed by atoms with Crippen LogP contribution in [0.3, 0.4) is 0 Å². The molecule has 6 nitrogen and oxygen atoms in total. The number of benzene rings is 1. The van der Waals surface area contributed by atoms with Crippen LogP contribution in [-0.4, -0.2) is 27.3 Å². The van der Waals surface area contributed by atoms with Crippen LogP contribution in [0.1, 0.15) is 34.9 Å². The minimum Gasteiger partial charge on any atom is -0.356 e. The van der Waals surface area contributed by atoms with Crippen LogP contribution < -0.4 is 10.6 Å². The third kappa shape index (κ3) is 5.23. The van der Waals surface area contributed by atoms with Crippen molar-refractivity contribution < 1.29 is 0 Å². The molecule has 152 valence electrons. The van der Waals surface area contributed by atoms with E-state index in [9.17, 15) is 0 Å². The third-order valence-corrected chi connectivity index (χ3v) is 6.46. The van der Waals surface area contributed by atoms with Crippen LogP contribution in [0, 0.1) is 12.3 Å². The SMILES string of the molecule is Cc1nnc(CN=C(NCc2cccs2)NCC2(Cc3ccccc3)CC2)n1C. The minimum atomic E-state index is 0.341. The molecule has 2 aromatic heterocycles. The second-order valence-electron chi connectivity index (χ2n) is 7.84. The molecule has 0 radical (unpaired) electrons. The van der Waals surface area contributed by atoms with Crippen molar-refractivity contribution in [2.45, 2.75) is 39.3 Å². The van der Waals surface area contributed by atoms with E-state index in [1.54, 1.807) is 11.3 Å². The summed E-state index contributed by atoms with van der Waals surface area (Å²) in [6, 6.07) is 15.0. The smallest absolute Gasteiger partial charge is 0.192 e. The quantitative estimate of drug-likeness (QED) is 0.443. The van der Waals surface area contributed by atoms with Crippen molar-refractivity contribution in [2.75, 3.05) is 6.54 Å². The summed E-state index contributed by atoms with van der Waals surface area (Å²) in [7, 11) is 1.98. The van der Waals surface area contributed by atoms with Gasteiger partial charge in [0.05, 0.1) is 6.54 Å². The summed E-state index contributed by atoms with van der Waals surface area (Å²) in [5.74, 6) is 2.60. The van der Waals surface area contributed by atoms with Gasteiger partial charge in [-0.2, -0.15) is 0 Å². The molecule has 2 heterocycles. The summed E-state index contributed by atoms with van der Waals surface area (Å²) in [5, 5.41) is 17.5. The number of rotatable bonds is 8. The van der Waals surface area contributed by atoms with E-state index in [2.05, 4.69) is 68.7 Å². The van der Waals surface area contributed by atoms with E-state index in [4.69, 9.17) is 4.99 Å². The highest BCUT2D eigenvalue weighted by Gasteiger charge is 2.42. The van der Waals surface area contributed by atoms with Gasteiger partial charge in [-0.15, -0.1) is 21.5 Å². The van der Waals surface area contributed by atoms with Crippen LogP contribution in [0.25, 0.3) is 0 Å². The van der Waals surface area contributed by atoms with E-state index in [1.165, 1.54) is 23.3 Å². The van der Waals surface area contributed by atoms with E-state index >= 15 is 0 Å². The highest BCUT2D eigenvalue weighted by molar-refractivity contribution is 7.09. The van der Waals surface area contributed by atoms with Gasteiger partial charge in [0.2, 0.25) is 0 Å². The van der Waals surface area contributed by atoms with Crippen molar-refractivity contribution in [3.8, 4) is 0 Å². The molecule has 7 heteroatoms. The number of aryl methyl sites for hydroxylation is 1. The van der Waals surface area contributed by atoms with Gasteiger partial charge < -0.3 is 15.2 Å². The Morgan fingerprint density at radius 2 is 1.97 bits per heavy atom. The third-order valence-electron chi connectivity index (χ3n) is 5.58. The Kier molecular flexibility index (Phi) is 5.94. The van der Waals surface area contributed by atoms with Gasteiger partial charge in [0.15, 0.2) is 11.8 Å². The summed E-state index contributed by atoms with van der Waals surface area (Å²) in [6.45, 7) is 4.15. The van der Waals surface area contributed by atoms with Crippen molar-refractivity contribution in [1.82, 2.24) is 25.4 Å². The fourth-order valence-electron chi connectivity index (χ4n) is 3.39. The Labute approximate surface area is 176 Å². The van der Waals surface area contributed by atoms with Crippen LogP contribution in [0.5, 0.6) is 0 Å². The van der Waals surface area contributed by atoms with Crippen molar-refractivity contribution >= 4 is 17.3 Å². The summed E-state index contributed by atoms with van der Waals surface area (Å²) >= 11 is 1.75. The molecule has 4 rings (SSSR count). The Balaban J connectivity index is 1.40. The summed E-state index contributed by atoms with van der Waals surface area (Å²) in [6.07, 6.45) is 3.63. The molecule has 1 aliphatic carbocycles. The molecule has 0 bridgehead atoms. The Hall–Kier alpha value is -2.67. The fraction of sp³-hybridized carbons (Fsp3) is 0.409. The maximum Gasteiger partial charge on any atom is 0.192 e. The van der Waals surface area contributed by atoms with Gasteiger partial charge in [-0.05, 0) is 48.6 Å². The number of hydrogen-bond acceptors (Lipinski definition) is 4. The van der Waals surface area contributed by atoms with Gasteiger partial charge in [-0.1, -0.05) is 36.4 Å². The van der Waals surface area contributed by atoms with Crippen molar-refractivity contribution in [3.63, 3.8) is 0 Å². The standard InChI is InChI=1S/C22H28N6S/c1-17-26-27-20(28(17)2)15-24-21(23-14-19-9-6-12-29-19)25-16-22(10-11-22)13-18-7-4-3-5-8-18/h3-9,12H,10-11,13-16H2,1-2H3,(H2,23,24,25). The van der Waals surface area contributed by atoms with Gasteiger partial charge >= 0.3 is 0 Å². The average molecular weight is 409 g/mol. The first-order valence-electron chi connectivity index (χ1n) is 10.1. The number of thiophene rings is 1. The van der Waals surface area contributed by atoms with Gasteiger partial charge in [0.25, 0.3) is 0 Å². The first-order valence-corrected chi connectivity index (χ1v) is 10.9. The molecular formula is C22H28N6S. The number of aliphatic imine (C=N–C) groups is 1. The maximum atomic E-state index is 4.78. The predicted octanol–water partition coefficient (Wildman–Crippen LogP) is 3.44. The van der Waals surface area contributed by atoms with Crippen molar-refractivity contribution in [2.24, 2.45) is 17.5 Å². The number of hydrogen-bond donors (Lipinski definition) is 2. The molecule has 2 N–H and O–H groups in total. The van der Waals surface area contributed by atoms with E-state index in [1.807, 2.05) is 18.5 Å². The highest BCUT2D eigenvalue weighted by Crippen LogP contribution is 2.47. The lowest BCUT2D eigenvalue weighted by Crippen LogP contribution is -2.40. The average Bonchev–Trinajstić information content (AvgIpc) is 3.14. The first kappa shape index (κ1) is 19.6. The molecule has 0 aliphatic heterocycles. The molecule has 3 aromatic rings.